The van der Waals surface area contributed by atoms with Crippen molar-refractivity contribution in [2.45, 2.75) is 33.8 Å². The van der Waals surface area contributed by atoms with Crippen molar-refractivity contribution < 1.29 is 9.84 Å². The molecule has 1 N–H and O–H groups in total. The predicted octanol–water partition coefficient (Wildman–Crippen LogP) is 2.98. The molecule has 2 heteroatoms. The summed E-state index contributed by atoms with van der Waals surface area (Å²) in [4.78, 5) is 0. The number of aliphatic hydroxyl groups is 1. The Labute approximate surface area is 110 Å². The average Bonchev–Trinajstić information content (AvgIpc) is 2.32. The number of aliphatic hydroxyl groups excluding tert-OH is 1. The van der Waals surface area contributed by atoms with E-state index in [9.17, 15) is 0 Å². The van der Waals surface area contributed by atoms with Crippen molar-refractivity contribution in [3.05, 3.63) is 35.4 Å². The van der Waals surface area contributed by atoms with Gasteiger partial charge in [-0.15, -0.1) is 0 Å². The molecule has 2 nitrogen and oxygen atoms in total. The maximum atomic E-state index is 8.72. The van der Waals surface area contributed by atoms with Crippen LogP contribution in [0.25, 0.3) is 0 Å². The lowest BCUT2D eigenvalue weighted by atomic mass is 9.93. The zero-order valence-electron chi connectivity index (χ0n) is 11.5. The number of ether oxygens (including phenoxy) is 1. The highest BCUT2D eigenvalue weighted by atomic mass is 16.5. The lowest BCUT2D eigenvalue weighted by molar-refractivity contribution is 0.0961. The Balaban J connectivity index is 2.52. The Bertz CT molecular complexity index is 419. The summed E-state index contributed by atoms with van der Waals surface area (Å²) in [6.45, 7) is 7.84. The van der Waals surface area contributed by atoms with Gasteiger partial charge in [0.05, 0.1) is 6.61 Å². The molecule has 0 atom stereocenters. The van der Waals surface area contributed by atoms with E-state index in [0.29, 0.717) is 12.0 Å². The monoisotopic (exact) mass is 246 g/mol. The standard InChI is InChI=1S/C16H22O2/c1-16(2,3)10-12-18-13-15-8-5-4-7-14(15)9-6-11-17/h4-5,7-8,17H,10-13H2,1-3H3. The van der Waals surface area contributed by atoms with Crippen LogP contribution in [0.15, 0.2) is 24.3 Å². The fourth-order valence-electron chi connectivity index (χ4n) is 1.46. The summed E-state index contributed by atoms with van der Waals surface area (Å²) in [5.74, 6) is 5.61. The van der Waals surface area contributed by atoms with Crippen LogP contribution in [-0.4, -0.2) is 18.3 Å². The van der Waals surface area contributed by atoms with Crippen molar-refractivity contribution in [1.29, 1.82) is 0 Å². The summed E-state index contributed by atoms with van der Waals surface area (Å²) in [5, 5.41) is 8.72. The molecule has 98 valence electrons. The van der Waals surface area contributed by atoms with E-state index in [1.165, 1.54) is 0 Å². The highest BCUT2D eigenvalue weighted by molar-refractivity contribution is 5.40. The third-order valence-electron chi connectivity index (χ3n) is 2.57. The molecule has 0 bridgehead atoms. The van der Waals surface area contributed by atoms with Crippen molar-refractivity contribution in [3.8, 4) is 11.8 Å². The molecule has 0 unspecified atom stereocenters. The Morgan fingerprint density at radius 3 is 2.61 bits per heavy atom. The third kappa shape index (κ3) is 5.86. The SMILES string of the molecule is CC(C)(C)CCOCc1ccccc1C#CCO. The van der Waals surface area contributed by atoms with E-state index < -0.39 is 0 Å². The maximum Gasteiger partial charge on any atom is 0.104 e. The second kappa shape index (κ2) is 7.20. The molecule has 0 aliphatic carbocycles. The van der Waals surface area contributed by atoms with Crippen LogP contribution in [0.4, 0.5) is 0 Å². The van der Waals surface area contributed by atoms with Gasteiger partial charge in [-0.2, -0.15) is 0 Å². The van der Waals surface area contributed by atoms with Crippen molar-refractivity contribution in [2.75, 3.05) is 13.2 Å². The van der Waals surface area contributed by atoms with Crippen LogP contribution in [0, 0.1) is 17.3 Å². The lowest BCUT2D eigenvalue weighted by Gasteiger charge is -2.17. The summed E-state index contributed by atoms with van der Waals surface area (Å²) in [6, 6.07) is 7.89. The highest BCUT2D eigenvalue weighted by Gasteiger charge is 2.09. The van der Waals surface area contributed by atoms with Gasteiger partial charge in [0.2, 0.25) is 0 Å². The van der Waals surface area contributed by atoms with Crippen LogP contribution >= 0.6 is 0 Å². The first-order valence-electron chi connectivity index (χ1n) is 6.28. The minimum Gasteiger partial charge on any atom is -0.384 e. The molecule has 0 aliphatic rings. The van der Waals surface area contributed by atoms with Gasteiger partial charge in [-0.1, -0.05) is 50.8 Å². The van der Waals surface area contributed by atoms with E-state index >= 15 is 0 Å². The van der Waals surface area contributed by atoms with E-state index in [2.05, 4.69) is 32.6 Å². The molecule has 1 rings (SSSR count). The molecule has 0 saturated carbocycles. The van der Waals surface area contributed by atoms with Gasteiger partial charge in [0.1, 0.15) is 6.61 Å². The molecule has 0 radical (unpaired) electrons. The third-order valence-corrected chi connectivity index (χ3v) is 2.57. The normalized spacial score (nSPS) is 10.9. The Kier molecular flexibility index (Phi) is 5.91. The molecule has 0 saturated heterocycles. The van der Waals surface area contributed by atoms with Crippen molar-refractivity contribution in [3.63, 3.8) is 0 Å². The molecule has 0 aliphatic heterocycles. The fourth-order valence-corrected chi connectivity index (χ4v) is 1.46. The summed E-state index contributed by atoms with van der Waals surface area (Å²) < 4.78 is 5.69. The Hall–Kier alpha value is -1.30. The first-order chi connectivity index (χ1) is 8.53. The van der Waals surface area contributed by atoms with Crippen LogP contribution < -0.4 is 0 Å². The quantitative estimate of drug-likeness (QED) is 0.653. The van der Waals surface area contributed by atoms with E-state index in [1.54, 1.807) is 0 Å². The van der Waals surface area contributed by atoms with Crippen molar-refractivity contribution in [2.24, 2.45) is 5.41 Å². The molecule has 0 aromatic heterocycles. The first-order valence-corrected chi connectivity index (χ1v) is 6.28. The van der Waals surface area contributed by atoms with Crippen LogP contribution in [-0.2, 0) is 11.3 Å². The molecule has 1 aromatic rings. The average molecular weight is 246 g/mol. The van der Waals surface area contributed by atoms with Crippen molar-refractivity contribution in [1.82, 2.24) is 0 Å². The van der Waals surface area contributed by atoms with Crippen LogP contribution in [0.3, 0.4) is 0 Å². The maximum absolute atomic E-state index is 8.72. The van der Waals surface area contributed by atoms with E-state index in [1.807, 2.05) is 24.3 Å². The minimum atomic E-state index is -0.112. The molecule has 0 amide bonds. The highest BCUT2D eigenvalue weighted by Crippen LogP contribution is 2.18. The Morgan fingerprint density at radius 1 is 1.22 bits per heavy atom. The topological polar surface area (TPSA) is 29.5 Å². The van der Waals surface area contributed by atoms with Gasteiger partial charge >= 0.3 is 0 Å². The molecule has 0 spiro atoms. The van der Waals surface area contributed by atoms with Gasteiger partial charge in [0, 0.05) is 12.2 Å². The summed E-state index contributed by atoms with van der Waals surface area (Å²) >= 11 is 0. The van der Waals surface area contributed by atoms with Gasteiger partial charge in [-0.3, -0.25) is 0 Å². The fraction of sp³-hybridized carbons (Fsp3) is 0.500. The zero-order chi connectivity index (χ0) is 13.4. The molecular weight excluding hydrogens is 224 g/mol. The second-order valence-corrected chi connectivity index (χ2v) is 5.48. The van der Waals surface area contributed by atoms with Crippen molar-refractivity contribution >= 4 is 0 Å². The molecule has 0 fully saturated rings. The number of rotatable bonds is 4. The number of hydrogen-bond acceptors (Lipinski definition) is 2. The van der Waals surface area contributed by atoms with Gasteiger partial charge in [-0.05, 0) is 23.5 Å². The summed E-state index contributed by atoms with van der Waals surface area (Å²) in [7, 11) is 0. The number of benzene rings is 1. The van der Waals surface area contributed by atoms with E-state index in [4.69, 9.17) is 9.84 Å². The van der Waals surface area contributed by atoms with Crippen LogP contribution in [0.2, 0.25) is 0 Å². The van der Waals surface area contributed by atoms with Crippen LogP contribution in [0.5, 0.6) is 0 Å². The minimum absolute atomic E-state index is 0.112. The number of hydrogen-bond donors (Lipinski definition) is 1. The molecular formula is C16H22O2. The largest absolute Gasteiger partial charge is 0.384 e. The van der Waals surface area contributed by atoms with Gasteiger partial charge in [0.15, 0.2) is 0 Å². The predicted molar refractivity (Wildman–Crippen MR) is 74.1 cm³/mol. The molecule has 18 heavy (non-hydrogen) atoms. The second-order valence-electron chi connectivity index (χ2n) is 5.48. The van der Waals surface area contributed by atoms with E-state index in [-0.39, 0.29) is 6.61 Å². The van der Waals surface area contributed by atoms with Gasteiger partial charge < -0.3 is 9.84 Å². The summed E-state index contributed by atoms with van der Waals surface area (Å²) in [6.07, 6.45) is 1.04. The first kappa shape index (κ1) is 14.8. The Morgan fingerprint density at radius 2 is 1.94 bits per heavy atom. The lowest BCUT2D eigenvalue weighted by Crippen LogP contribution is -2.09. The van der Waals surface area contributed by atoms with E-state index in [0.717, 1.165) is 24.2 Å². The molecule has 1 aromatic carbocycles. The smallest absolute Gasteiger partial charge is 0.104 e. The van der Waals surface area contributed by atoms with Gasteiger partial charge in [-0.25, -0.2) is 0 Å². The molecule has 0 heterocycles. The summed E-state index contributed by atoms with van der Waals surface area (Å²) in [5.41, 5.74) is 2.31. The van der Waals surface area contributed by atoms with Gasteiger partial charge in [0.25, 0.3) is 0 Å². The van der Waals surface area contributed by atoms with Crippen LogP contribution in [0.1, 0.15) is 38.3 Å². The zero-order valence-corrected chi connectivity index (χ0v) is 11.5.